The van der Waals surface area contributed by atoms with Gasteiger partial charge < -0.3 is 14.9 Å². The van der Waals surface area contributed by atoms with E-state index in [1.165, 1.54) is 4.72 Å². The van der Waals surface area contributed by atoms with Crippen LogP contribution in [0.2, 0.25) is 0 Å². The molecular formula is C13H16N2O8S. The van der Waals surface area contributed by atoms with Crippen molar-refractivity contribution in [3.63, 3.8) is 0 Å². The number of nitrogens with one attached hydrogen (secondary N) is 2. The van der Waals surface area contributed by atoms with Gasteiger partial charge in [0.15, 0.2) is 0 Å². The lowest BCUT2D eigenvalue weighted by Gasteiger charge is -2.14. The maximum absolute atomic E-state index is 11.7. The number of hydrogen-bond donors (Lipinski definition) is 4. The zero-order chi connectivity index (χ0) is 18.2. The number of carboxylic acid groups (broad SMARTS) is 2. The summed E-state index contributed by atoms with van der Waals surface area (Å²) in [6.07, 6.45) is -2.34. The van der Waals surface area contributed by atoms with Crippen molar-refractivity contribution >= 4 is 28.2 Å². The molecule has 0 aliphatic carbocycles. The van der Waals surface area contributed by atoms with Crippen LogP contribution in [0.3, 0.4) is 0 Å². The number of benzene rings is 1. The predicted molar refractivity (Wildman–Crippen MR) is 80.1 cm³/mol. The lowest BCUT2D eigenvalue weighted by atomic mass is 10.2. The molecule has 1 amide bonds. The summed E-state index contributed by atoms with van der Waals surface area (Å²) >= 11 is 0. The Kier molecular flexibility index (Phi) is 7.14. The smallest absolute Gasteiger partial charge is 0.422 e. The Labute approximate surface area is 137 Å². The fraction of sp³-hybridized carbons (Fsp3) is 0.308. The molecule has 0 heterocycles. The van der Waals surface area contributed by atoms with Gasteiger partial charge in [0.2, 0.25) is 0 Å². The average Bonchev–Trinajstić information content (AvgIpc) is 2.49. The first-order valence-corrected chi connectivity index (χ1v) is 8.13. The largest absolute Gasteiger partial charge is 0.481 e. The van der Waals surface area contributed by atoms with Gasteiger partial charge in [-0.15, -0.1) is 0 Å². The van der Waals surface area contributed by atoms with E-state index < -0.39 is 47.1 Å². The highest BCUT2D eigenvalue weighted by atomic mass is 32.2. The quantitative estimate of drug-likeness (QED) is 0.481. The van der Waals surface area contributed by atoms with E-state index in [9.17, 15) is 22.8 Å². The lowest BCUT2D eigenvalue weighted by molar-refractivity contribution is -0.140. The van der Waals surface area contributed by atoms with E-state index in [2.05, 4.69) is 0 Å². The molecule has 0 bridgehead atoms. The highest BCUT2D eigenvalue weighted by Crippen LogP contribution is 2.02. The van der Waals surface area contributed by atoms with Gasteiger partial charge in [-0.25, -0.2) is 9.52 Å². The standard InChI is InChI=1S/C13H16N2O8S/c16-11(17)7-6-10(12(18)19)14-24(21,22)15-13(20)23-8-9-4-2-1-3-5-9/h1-5,10,14H,6-8H2,(H,15,20)(H,16,17)(H,18,19). The highest BCUT2D eigenvalue weighted by Gasteiger charge is 2.26. The molecule has 0 spiro atoms. The Balaban J connectivity index is 2.55. The highest BCUT2D eigenvalue weighted by molar-refractivity contribution is 7.88. The molecule has 1 aromatic carbocycles. The molecule has 24 heavy (non-hydrogen) atoms. The number of ether oxygens (including phenoxy) is 1. The van der Waals surface area contributed by atoms with Crippen LogP contribution in [0.25, 0.3) is 0 Å². The summed E-state index contributed by atoms with van der Waals surface area (Å²) in [5, 5.41) is 17.4. The monoisotopic (exact) mass is 360 g/mol. The van der Waals surface area contributed by atoms with Crippen LogP contribution < -0.4 is 9.44 Å². The van der Waals surface area contributed by atoms with Gasteiger partial charge >= 0.3 is 28.2 Å². The third-order valence-electron chi connectivity index (χ3n) is 2.67. The number of rotatable bonds is 9. The molecule has 1 aromatic rings. The summed E-state index contributed by atoms with van der Waals surface area (Å²) in [5.74, 6) is -2.85. The van der Waals surface area contributed by atoms with Crippen LogP contribution in [0.15, 0.2) is 30.3 Å². The minimum atomic E-state index is -4.53. The second-order valence-electron chi connectivity index (χ2n) is 4.61. The summed E-state index contributed by atoms with van der Waals surface area (Å²) in [5.41, 5.74) is 0.628. The Bertz CT molecular complexity index is 689. The van der Waals surface area contributed by atoms with Crippen LogP contribution in [-0.2, 0) is 31.1 Å². The summed E-state index contributed by atoms with van der Waals surface area (Å²) < 4.78 is 31.2. The zero-order valence-corrected chi connectivity index (χ0v) is 13.2. The van der Waals surface area contributed by atoms with Crippen molar-refractivity contribution in [2.45, 2.75) is 25.5 Å². The summed E-state index contributed by atoms with van der Waals surface area (Å²) in [4.78, 5) is 32.8. The SMILES string of the molecule is O=C(O)CCC(NS(=O)(=O)NC(=O)OCc1ccccc1)C(=O)O. The summed E-state index contributed by atoms with van der Waals surface area (Å²) in [7, 11) is -4.53. The molecule has 0 aliphatic heterocycles. The van der Waals surface area contributed by atoms with Gasteiger partial charge in [0.1, 0.15) is 12.6 Å². The summed E-state index contributed by atoms with van der Waals surface area (Å²) in [6.45, 7) is -0.177. The lowest BCUT2D eigenvalue weighted by Crippen LogP contribution is -2.48. The second-order valence-corrected chi connectivity index (χ2v) is 6.06. The van der Waals surface area contributed by atoms with Gasteiger partial charge in [0.25, 0.3) is 0 Å². The van der Waals surface area contributed by atoms with Crippen LogP contribution in [-0.4, -0.2) is 42.7 Å². The fourth-order valence-corrected chi connectivity index (χ4v) is 2.51. The maximum atomic E-state index is 11.7. The maximum Gasteiger partial charge on any atom is 0.422 e. The van der Waals surface area contributed by atoms with Gasteiger partial charge in [-0.05, 0) is 12.0 Å². The predicted octanol–water partition coefficient (Wildman–Crippen LogP) is 0.0652. The number of carboxylic acids is 2. The molecule has 10 nitrogen and oxygen atoms in total. The first kappa shape index (κ1) is 19.4. The number of aliphatic carboxylic acids is 2. The van der Waals surface area contributed by atoms with Gasteiger partial charge in [0.05, 0.1) is 0 Å². The molecule has 0 aromatic heterocycles. The van der Waals surface area contributed by atoms with Crippen molar-refractivity contribution in [1.82, 2.24) is 9.44 Å². The Morgan fingerprint density at radius 3 is 2.29 bits per heavy atom. The summed E-state index contributed by atoms with van der Waals surface area (Å²) in [6, 6.07) is 6.78. The van der Waals surface area contributed by atoms with Crippen LogP contribution in [0.1, 0.15) is 18.4 Å². The molecule has 4 N–H and O–H groups in total. The Morgan fingerprint density at radius 2 is 1.75 bits per heavy atom. The minimum Gasteiger partial charge on any atom is -0.481 e. The van der Waals surface area contributed by atoms with Crippen LogP contribution in [0.5, 0.6) is 0 Å². The van der Waals surface area contributed by atoms with Crippen LogP contribution >= 0.6 is 0 Å². The third-order valence-corrected chi connectivity index (χ3v) is 3.70. The number of hydrogen-bond acceptors (Lipinski definition) is 6. The van der Waals surface area contributed by atoms with Crippen molar-refractivity contribution in [3.8, 4) is 0 Å². The molecular weight excluding hydrogens is 344 g/mol. The fourth-order valence-electron chi connectivity index (χ4n) is 1.58. The second kappa shape index (κ2) is 8.84. The van der Waals surface area contributed by atoms with E-state index in [0.29, 0.717) is 5.56 Å². The van der Waals surface area contributed by atoms with Crippen molar-refractivity contribution < 1.29 is 37.8 Å². The Hall–Kier alpha value is -2.66. The Morgan fingerprint density at radius 1 is 1.12 bits per heavy atom. The van der Waals surface area contributed by atoms with Gasteiger partial charge in [-0.3, -0.25) is 9.59 Å². The molecule has 0 radical (unpaired) electrons. The topological polar surface area (TPSA) is 159 Å². The normalized spacial score (nSPS) is 12.2. The number of amides is 1. The van der Waals surface area contributed by atoms with Crippen molar-refractivity contribution in [2.75, 3.05) is 0 Å². The molecule has 0 fully saturated rings. The van der Waals surface area contributed by atoms with E-state index >= 15 is 0 Å². The molecule has 0 aliphatic rings. The van der Waals surface area contributed by atoms with Gasteiger partial charge in [-0.2, -0.15) is 13.1 Å². The van der Waals surface area contributed by atoms with Crippen molar-refractivity contribution in [3.05, 3.63) is 35.9 Å². The third kappa shape index (κ3) is 7.56. The number of carbonyl (C=O) groups excluding carboxylic acids is 1. The minimum absolute atomic E-state index is 0.177. The molecule has 0 saturated carbocycles. The van der Waals surface area contributed by atoms with E-state index in [0.717, 1.165) is 0 Å². The van der Waals surface area contributed by atoms with Crippen LogP contribution in [0, 0.1) is 0 Å². The van der Waals surface area contributed by atoms with E-state index in [4.69, 9.17) is 14.9 Å². The first-order chi connectivity index (χ1) is 11.2. The molecule has 1 atom stereocenters. The van der Waals surface area contributed by atoms with Crippen LogP contribution in [0.4, 0.5) is 4.79 Å². The molecule has 132 valence electrons. The number of carbonyl (C=O) groups is 3. The molecule has 1 rings (SSSR count). The molecule has 0 saturated heterocycles. The van der Waals surface area contributed by atoms with E-state index in [1.807, 2.05) is 0 Å². The van der Waals surface area contributed by atoms with Gasteiger partial charge in [-0.1, -0.05) is 30.3 Å². The van der Waals surface area contributed by atoms with Crippen molar-refractivity contribution in [1.29, 1.82) is 0 Å². The average molecular weight is 360 g/mol. The molecule has 1 unspecified atom stereocenters. The van der Waals surface area contributed by atoms with Gasteiger partial charge in [0, 0.05) is 6.42 Å². The first-order valence-electron chi connectivity index (χ1n) is 6.65. The zero-order valence-electron chi connectivity index (χ0n) is 12.3. The van der Waals surface area contributed by atoms with E-state index in [1.54, 1.807) is 35.1 Å². The van der Waals surface area contributed by atoms with Crippen molar-refractivity contribution in [2.24, 2.45) is 0 Å². The molecule has 11 heteroatoms. The van der Waals surface area contributed by atoms with E-state index in [-0.39, 0.29) is 6.61 Å².